The van der Waals surface area contributed by atoms with E-state index in [-0.39, 0.29) is 17.9 Å². The second-order valence-electron chi connectivity index (χ2n) is 7.96. The molecule has 1 aliphatic rings. The van der Waals surface area contributed by atoms with Crippen molar-refractivity contribution in [3.05, 3.63) is 89.7 Å². The maximum Gasteiger partial charge on any atom is 0.254 e. The predicted molar refractivity (Wildman–Crippen MR) is 120 cm³/mol. The second-order valence-corrected chi connectivity index (χ2v) is 7.96. The van der Waals surface area contributed by atoms with Crippen LogP contribution >= 0.6 is 0 Å². The highest BCUT2D eigenvalue weighted by atomic mass is 16.2. The van der Waals surface area contributed by atoms with Gasteiger partial charge in [-0.3, -0.25) is 14.3 Å². The number of carbonyl (C=O) groups is 2. The van der Waals surface area contributed by atoms with Crippen LogP contribution in [0.1, 0.15) is 52.0 Å². The zero-order chi connectivity index (χ0) is 21.5. The van der Waals surface area contributed by atoms with Gasteiger partial charge in [0.05, 0.1) is 6.54 Å². The van der Waals surface area contributed by atoms with Gasteiger partial charge in [0.2, 0.25) is 0 Å². The molecule has 4 rings (SSSR count). The van der Waals surface area contributed by atoms with Crippen molar-refractivity contribution in [2.24, 2.45) is 0 Å². The molecule has 2 amide bonds. The number of piperidine rings is 1. The molecule has 3 aromatic rings. The van der Waals surface area contributed by atoms with E-state index < -0.39 is 0 Å². The Morgan fingerprint density at radius 2 is 1.77 bits per heavy atom. The van der Waals surface area contributed by atoms with Crippen molar-refractivity contribution in [3.8, 4) is 0 Å². The smallest absolute Gasteiger partial charge is 0.254 e. The number of aromatic nitrogens is 2. The van der Waals surface area contributed by atoms with Gasteiger partial charge >= 0.3 is 0 Å². The number of hydrogen-bond donors (Lipinski definition) is 1. The Labute approximate surface area is 182 Å². The van der Waals surface area contributed by atoms with Crippen LogP contribution in [0.4, 0.5) is 0 Å². The normalized spacial score (nSPS) is 16.1. The molecule has 0 radical (unpaired) electrons. The van der Waals surface area contributed by atoms with E-state index in [4.69, 9.17) is 0 Å². The van der Waals surface area contributed by atoms with Gasteiger partial charge in [0.1, 0.15) is 0 Å². The summed E-state index contributed by atoms with van der Waals surface area (Å²) in [6.45, 7) is 2.02. The fraction of sp³-hybridized carbons (Fsp3) is 0.320. The lowest BCUT2D eigenvalue weighted by molar-refractivity contribution is 0.0601. The highest BCUT2D eigenvalue weighted by Gasteiger charge is 2.27. The lowest BCUT2D eigenvalue weighted by Crippen LogP contribution is -2.45. The van der Waals surface area contributed by atoms with E-state index in [2.05, 4.69) is 10.4 Å². The van der Waals surface area contributed by atoms with Gasteiger partial charge in [-0.2, -0.15) is 5.10 Å². The van der Waals surface area contributed by atoms with Crippen LogP contribution in [-0.2, 0) is 6.54 Å². The number of carbonyl (C=O) groups excluding carboxylic acids is 2. The standard InChI is InChI=1S/C25H28N4O2/c30-24(21-7-2-1-3-8-21)26-16-14-23-9-4-5-18-29(23)25(31)22-12-10-20(11-13-22)19-28-17-6-15-27-28/h1-3,6-8,10-13,15,17,23H,4-5,9,14,16,18-19H2,(H,26,30)/t23-/m0/s1. The Morgan fingerprint density at radius 3 is 2.52 bits per heavy atom. The minimum absolute atomic E-state index is 0.0675. The van der Waals surface area contributed by atoms with Crippen molar-refractivity contribution < 1.29 is 9.59 Å². The van der Waals surface area contributed by atoms with Crippen LogP contribution < -0.4 is 5.32 Å². The molecule has 1 saturated heterocycles. The summed E-state index contributed by atoms with van der Waals surface area (Å²) in [6.07, 6.45) is 7.57. The zero-order valence-corrected chi connectivity index (χ0v) is 17.6. The molecule has 1 fully saturated rings. The van der Waals surface area contributed by atoms with E-state index in [1.54, 1.807) is 6.20 Å². The molecule has 0 bridgehead atoms. The summed E-state index contributed by atoms with van der Waals surface area (Å²) >= 11 is 0. The predicted octanol–water partition coefficient (Wildman–Crippen LogP) is 3.75. The molecule has 1 N–H and O–H groups in total. The van der Waals surface area contributed by atoms with Crippen molar-refractivity contribution in [1.82, 2.24) is 20.0 Å². The van der Waals surface area contributed by atoms with Crippen LogP contribution in [0, 0.1) is 0 Å². The van der Waals surface area contributed by atoms with Crippen LogP contribution in [0.5, 0.6) is 0 Å². The molecule has 2 aromatic carbocycles. The zero-order valence-electron chi connectivity index (χ0n) is 17.6. The first kappa shape index (κ1) is 20.8. The number of nitrogens with one attached hydrogen (secondary N) is 1. The van der Waals surface area contributed by atoms with Gasteiger partial charge in [0, 0.05) is 42.7 Å². The van der Waals surface area contributed by atoms with Gasteiger partial charge < -0.3 is 10.2 Å². The van der Waals surface area contributed by atoms with Gasteiger partial charge in [-0.05, 0) is 61.6 Å². The third-order valence-corrected chi connectivity index (χ3v) is 5.79. The van der Waals surface area contributed by atoms with Crippen LogP contribution in [-0.4, -0.2) is 45.6 Å². The monoisotopic (exact) mass is 416 g/mol. The molecule has 160 valence electrons. The first-order valence-corrected chi connectivity index (χ1v) is 10.9. The summed E-state index contributed by atoms with van der Waals surface area (Å²) < 4.78 is 1.86. The summed E-state index contributed by atoms with van der Waals surface area (Å²) in [4.78, 5) is 27.4. The minimum Gasteiger partial charge on any atom is -0.352 e. The van der Waals surface area contributed by atoms with Crippen LogP contribution in [0.25, 0.3) is 0 Å². The fourth-order valence-electron chi connectivity index (χ4n) is 4.11. The second kappa shape index (κ2) is 10.1. The summed E-state index contributed by atoms with van der Waals surface area (Å²) in [6, 6.07) is 19.1. The Hall–Kier alpha value is -3.41. The van der Waals surface area contributed by atoms with Crippen LogP contribution in [0.2, 0.25) is 0 Å². The molecule has 6 nitrogen and oxygen atoms in total. The maximum absolute atomic E-state index is 13.2. The fourth-order valence-corrected chi connectivity index (χ4v) is 4.11. The summed E-state index contributed by atoms with van der Waals surface area (Å²) in [5, 5.41) is 7.21. The van der Waals surface area contributed by atoms with E-state index in [0.29, 0.717) is 24.2 Å². The highest BCUT2D eigenvalue weighted by Crippen LogP contribution is 2.22. The molecule has 1 aliphatic heterocycles. The molecule has 2 heterocycles. The summed E-state index contributed by atoms with van der Waals surface area (Å²) in [5.74, 6) is 0.00628. The van der Waals surface area contributed by atoms with Gasteiger partial charge in [0.15, 0.2) is 0 Å². The molecule has 0 saturated carbocycles. The van der Waals surface area contributed by atoms with Crippen molar-refractivity contribution in [2.75, 3.05) is 13.1 Å². The lowest BCUT2D eigenvalue weighted by atomic mass is 9.98. The SMILES string of the molecule is O=C(NCC[C@@H]1CCCCN1C(=O)c1ccc(Cn2cccn2)cc1)c1ccccc1. The number of benzene rings is 2. The molecule has 6 heteroatoms. The van der Waals surface area contributed by atoms with Crippen molar-refractivity contribution in [1.29, 1.82) is 0 Å². The van der Waals surface area contributed by atoms with Gasteiger partial charge in [0.25, 0.3) is 11.8 Å². The molecule has 0 spiro atoms. The largest absolute Gasteiger partial charge is 0.352 e. The Kier molecular flexibility index (Phi) is 6.77. The quantitative estimate of drug-likeness (QED) is 0.638. The van der Waals surface area contributed by atoms with E-state index in [9.17, 15) is 9.59 Å². The molecular formula is C25H28N4O2. The van der Waals surface area contributed by atoms with Gasteiger partial charge in [-0.25, -0.2) is 0 Å². The highest BCUT2D eigenvalue weighted by molar-refractivity contribution is 5.95. The lowest BCUT2D eigenvalue weighted by Gasteiger charge is -2.36. The van der Waals surface area contributed by atoms with E-state index >= 15 is 0 Å². The minimum atomic E-state index is -0.0675. The van der Waals surface area contributed by atoms with Crippen LogP contribution in [0.3, 0.4) is 0 Å². The summed E-state index contributed by atoms with van der Waals surface area (Å²) in [7, 11) is 0. The number of nitrogens with zero attached hydrogens (tertiary/aromatic N) is 3. The van der Waals surface area contributed by atoms with Gasteiger partial charge in [-0.15, -0.1) is 0 Å². The maximum atomic E-state index is 13.2. The number of likely N-dealkylation sites (tertiary alicyclic amines) is 1. The molecular weight excluding hydrogens is 388 g/mol. The van der Waals surface area contributed by atoms with Crippen molar-refractivity contribution in [2.45, 2.75) is 38.3 Å². The molecule has 1 atom stereocenters. The first-order chi connectivity index (χ1) is 15.2. The summed E-state index contributed by atoms with van der Waals surface area (Å²) in [5.41, 5.74) is 2.48. The molecule has 31 heavy (non-hydrogen) atoms. The topological polar surface area (TPSA) is 67.2 Å². The van der Waals surface area contributed by atoms with Crippen LogP contribution in [0.15, 0.2) is 73.1 Å². The number of amides is 2. The Bertz CT molecular complexity index is 984. The van der Waals surface area contributed by atoms with E-state index in [0.717, 1.165) is 37.8 Å². The average Bonchev–Trinajstić information content (AvgIpc) is 3.33. The molecule has 0 unspecified atom stereocenters. The van der Waals surface area contributed by atoms with E-state index in [1.807, 2.05) is 76.4 Å². The first-order valence-electron chi connectivity index (χ1n) is 10.9. The van der Waals surface area contributed by atoms with E-state index in [1.165, 1.54) is 0 Å². The number of rotatable bonds is 7. The van der Waals surface area contributed by atoms with Gasteiger partial charge in [-0.1, -0.05) is 30.3 Å². The van der Waals surface area contributed by atoms with Crippen molar-refractivity contribution >= 4 is 11.8 Å². The molecule has 0 aliphatic carbocycles. The Balaban J connectivity index is 1.34. The van der Waals surface area contributed by atoms with Crippen molar-refractivity contribution in [3.63, 3.8) is 0 Å². The average molecular weight is 417 g/mol. The third-order valence-electron chi connectivity index (χ3n) is 5.79. The third kappa shape index (κ3) is 5.40. The number of hydrogen-bond acceptors (Lipinski definition) is 3. The Morgan fingerprint density at radius 1 is 0.968 bits per heavy atom. The molecule has 1 aromatic heterocycles.